The Labute approximate surface area is 96.6 Å². The molecule has 0 spiro atoms. The summed E-state index contributed by atoms with van der Waals surface area (Å²) in [5.74, 6) is 0. The van der Waals surface area contributed by atoms with Crippen LogP contribution in [0.4, 0.5) is 0 Å². The largest absolute Gasteiger partial charge is 0.227 e. The van der Waals surface area contributed by atoms with E-state index in [9.17, 15) is 0 Å². The van der Waals surface area contributed by atoms with Crippen LogP contribution in [0.2, 0.25) is 0 Å². The third kappa shape index (κ3) is 1.02. The van der Waals surface area contributed by atoms with E-state index in [1.54, 1.807) is 10.7 Å². The zero-order valence-corrected chi connectivity index (χ0v) is 8.68. The number of rotatable bonds is 0. The highest BCUT2D eigenvalue weighted by atomic mass is 15.9. The maximum absolute atomic E-state index is 3.93. The highest BCUT2D eigenvalue weighted by molar-refractivity contribution is 5.67. The molecule has 0 N–H and O–H groups in total. The van der Waals surface area contributed by atoms with E-state index in [1.165, 1.54) is 14.1 Å². The third-order valence-electron chi connectivity index (χ3n) is 2.36. The van der Waals surface area contributed by atoms with Gasteiger partial charge in [0.25, 0.3) is 0 Å². The number of hydrogen-bond acceptors (Lipinski definition) is 8. The summed E-state index contributed by atoms with van der Waals surface area (Å²) < 4.78 is 5.58. The first-order valence-electron chi connectivity index (χ1n) is 4.87. The van der Waals surface area contributed by atoms with Gasteiger partial charge < -0.3 is 0 Å². The van der Waals surface area contributed by atoms with Gasteiger partial charge in [-0.25, -0.2) is 4.52 Å². The zero-order valence-electron chi connectivity index (χ0n) is 8.68. The maximum atomic E-state index is 3.93. The molecule has 12 heteroatoms. The van der Waals surface area contributed by atoms with E-state index in [-0.39, 0.29) is 0 Å². The van der Waals surface area contributed by atoms with Crippen LogP contribution in [0.3, 0.4) is 0 Å². The SMILES string of the molecule is c1ccn2c(c1)c1nnnnn1n1nnnnn21. The molecule has 4 aromatic rings. The lowest BCUT2D eigenvalue weighted by atomic mass is 10.4. The van der Waals surface area contributed by atoms with Crippen molar-refractivity contribution in [3.63, 3.8) is 0 Å². The molecular weight excluding hydrogens is 240 g/mol. The second kappa shape index (κ2) is 3.16. The van der Waals surface area contributed by atoms with Crippen molar-refractivity contribution >= 4 is 11.2 Å². The van der Waals surface area contributed by atoms with Gasteiger partial charge in [0.15, 0.2) is 0 Å². The summed E-state index contributed by atoms with van der Waals surface area (Å²) >= 11 is 0. The molecule has 18 heavy (non-hydrogen) atoms. The second-order valence-corrected chi connectivity index (χ2v) is 3.31. The molecule has 0 fully saturated rings. The molecule has 0 atom stereocenters. The van der Waals surface area contributed by atoms with E-state index in [1.807, 2.05) is 18.2 Å². The van der Waals surface area contributed by atoms with E-state index < -0.39 is 0 Å². The van der Waals surface area contributed by atoms with Crippen molar-refractivity contribution < 1.29 is 0 Å². The standard InChI is InChI=1S/C6H4N12/c1-2-4-15-5(3-1)6-7-8-9-12-16(6)18-14-11-10-13-17(15)18/h1-4H. The molecule has 4 heterocycles. The van der Waals surface area contributed by atoms with Crippen LogP contribution in [0.5, 0.6) is 0 Å². The van der Waals surface area contributed by atoms with Gasteiger partial charge in [-0.1, -0.05) is 10.7 Å². The fourth-order valence-electron chi connectivity index (χ4n) is 1.66. The summed E-state index contributed by atoms with van der Waals surface area (Å²) in [5, 5.41) is 29.3. The minimum absolute atomic E-state index is 0.456. The number of fused-ring (bicyclic) bond motifs is 6. The zero-order chi connectivity index (χ0) is 11.9. The molecule has 4 aromatic heterocycles. The van der Waals surface area contributed by atoms with Gasteiger partial charge in [0, 0.05) is 6.20 Å². The maximum Gasteiger partial charge on any atom is 0.227 e. The molecule has 0 aromatic carbocycles. The van der Waals surface area contributed by atoms with E-state index in [2.05, 4.69) is 41.6 Å². The Morgan fingerprint density at radius 2 is 1.67 bits per heavy atom. The van der Waals surface area contributed by atoms with Crippen LogP contribution in [0.1, 0.15) is 0 Å². The van der Waals surface area contributed by atoms with Gasteiger partial charge in [-0.05, 0) is 58.1 Å². The van der Waals surface area contributed by atoms with E-state index in [0.717, 1.165) is 0 Å². The lowest BCUT2D eigenvalue weighted by molar-refractivity contribution is 0.323. The fourth-order valence-corrected chi connectivity index (χ4v) is 1.66. The molecule has 0 radical (unpaired) electrons. The summed E-state index contributed by atoms with van der Waals surface area (Å²) in [6.07, 6.45) is 1.77. The average molecular weight is 244 g/mol. The van der Waals surface area contributed by atoms with Gasteiger partial charge in [0.1, 0.15) is 5.52 Å². The molecule has 12 nitrogen and oxygen atoms in total. The van der Waals surface area contributed by atoms with Gasteiger partial charge in [0.2, 0.25) is 5.65 Å². The molecule has 0 bridgehead atoms. The molecule has 0 saturated carbocycles. The molecule has 88 valence electrons. The quantitative estimate of drug-likeness (QED) is 0.320. The lowest BCUT2D eigenvalue weighted by Crippen LogP contribution is -2.27. The van der Waals surface area contributed by atoms with Crippen LogP contribution in [-0.4, -0.2) is 60.2 Å². The van der Waals surface area contributed by atoms with Crippen molar-refractivity contribution in [2.24, 2.45) is 0 Å². The van der Waals surface area contributed by atoms with Gasteiger partial charge in [-0.2, -0.15) is 0 Å². The van der Waals surface area contributed by atoms with E-state index in [0.29, 0.717) is 11.2 Å². The Hall–Kier alpha value is -3.18. The summed E-state index contributed by atoms with van der Waals surface area (Å²) in [4.78, 5) is 0. The normalized spacial score (nSPS) is 11.3. The predicted octanol–water partition coefficient (Wildman–Crippen LogP) is -2.17. The highest BCUT2D eigenvalue weighted by Gasteiger charge is 2.08. The first-order chi connectivity index (χ1) is 8.95. The minimum Gasteiger partial charge on any atom is -0.217 e. The number of pyridine rings is 1. The highest BCUT2D eigenvalue weighted by Crippen LogP contribution is 2.05. The lowest BCUT2D eigenvalue weighted by Gasteiger charge is -2.08. The van der Waals surface area contributed by atoms with Crippen molar-refractivity contribution in [3.8, 4) is 0 Å². The summed E-state index contributed by atoms with van der Waals surface area (Å²) in [6, 6.07) is 5.53. The smallest absolute Gasteiger partial charge is 0.217 e. The van der Waals surface area contributed by atoms with Crippen molar-refractivity contribution in [2.75, 3.05) is 0 Å². The molecule has 4 rings (SSSR count). The van der Waals surface area contributed by atoms with Crippen LogP contribution in [0.25, 0.3) is 11.2 Å². The summed E-state index contributed by atoms with van der Waals surface area (Å²) in [5.41, 5.74) is 1.17. The number of hydrogen-bond donors (Lipinski definition) is 0. The van der Waals surface area contributed by atoms with Gasteiger partial charge in [-0.3, -0.25) is 0 Å². The van der Waals surface area contributed by atoms with E-state index >= 15 is 0 Å². The Morgan fingerprint density at radius 3 is 2.61 bits per heavy atom. The van der Waals surface area contributed by atoms with Gasteiger partial charge in [0.05, 0.1) is 0 Å². The molecular formula is C6H4N12. The average Bonchev–Trinajstić information content (AvgIpc) is 2.48. The van der Waals surface area contributed by atoms with Crippen LogP contribution in [-0.2, 0) is 0 Å². The van der Waals surface area contributed by atoms with Crippen molar-refractivity contribution in [2.45, 2.75) is 0 Å². The fraction of sp³-hybridized carbons (Fsp3) is 0. The summed E-state index contributed by atoms with van der Waals surface area (Å²) in [7, 11) is 0. The van der Waals surface area contributed by atoms with Crippen LogP contribution in [0.15, 0.2) is 24.4 Å². The Kier molecular flexibility index (Phi) is 1.56. The van der Waals surface area contributed by atoms with E-state index in [4.69, 9.17) is 0 Å². The second-order valence-electron chi connectivity index (χ2n) is 3.31. The van der Waals surface area contributed by atoms with Crippen LogP contribution in [0, 0.1) is 0 Å². The molecule has 0 unspecified atom stereocenters. The van der Waals surface area contributed by atoms with Crippen LogP contribution < -0.4 is 0 Å². The van der Waals surface area contributed by atoms with Gasteiger partial charge >= 0.3 is 0 Å². The third-order valence-corrected chi connectivity index (χ3v) is 2.36. The minimum atomic E-state index is 0.456. The Balaban J connectivity index is 2.46. The Bertz CT molecular complexity index is 668. The molecule has 0 aliphatic heterocycles. The molecule has 0 amide bonds. The molecule has 0 aliphatic rings. The molecule has 0 aliphatic carbocycles. The Morgan fingerprint density at radius 1 is 0.833 bits per heavy atom. The van der Waals surface area contributed by atoms with Crippen molar-refractivity contribution in [1.29, 1.82) is 0 Å². The van der Waals surface area contributed by atoms with Gasteiger partial charge in [-0.15, -0.1) is 5.10 Å². The first kappa shape index (κ1) is 8.91. The predicted molar refractivity (Wildman–Crippen MR) is 52.7 cm³/mol. The van der Waals surface area contributed by atoms with Crippen LogP contribution >= 0.6 is 0 Å². The monoisotopic (exact) mass is 244 g/mol. The summed E-state index contributed by atoms with van der Waals surface area (Å²) in [6.45, 7) is 0. The first-order valence-corrected chi connectivity index (χ1v) is 4.87. The molecule has 0 saturated heterocycles. The number of nitrogens with zero attached hydrogens (tertiary/aromatic N) is 12. The van der Waals surface area contributed by atoms with Crippen molar-refractivity contribution in [1.82, 2.24) is 60.2 Å². The number of aromatic nitrogens is 12. The topological polar surface area (TPSA) is 121 Å². The van der Waals surface area contributed by atoms with Crippen molar-refractivity contribution in [3.05, 3.63) is 24.4 Å².